The second-order valence-electron chi connectivity index (χ2n) is 9.34. The highest BCUT2D eigenvalue weighted by molar-refractivity contribution is 6.07. The molecule has 160 valence electrons. The molecule has 0 bridgehead atoms. The average molecular weight is 418 g/mol. The Labute approximate surface area is 180 Å². The number of anilines is 1. The predicted octanol–water partition coefficient (Wildman–Crippen LogP) is 3.66. The van der Waals surface area contributed by atoms with E-state index in [4.69, 9.17) is 10.7 Å². The van der Waals surface area contributed by atoms with Gasteiger partial charge in [0.1, 0.15) is 11.3 Å². The molecule has 8 heteroatoms. The van der Waals surface area contributed by atoms with Gasteiger partial charge in [0.2, 0.25) is 5.91 Å². The second-order valence-corrected chi connectivity index (χ2v) is 9.34. The summed E-state index contributed by atoms with van der Waals surface area (Å²) in [5, 5.41) is 8.05. The van der Waals surface area contributed by atoms with Crippen LogP contribution in [-0.2, 0) is 11.2 Å². The van der Waals surface area contributed by atoms with Crippen molar-refractivity contribution in [3.8, 4) is 11.3 Å². The highest BCUT2D eigenvalue weighted by Gasteiger charge is 2.35. The van der Waals surface area contributed by atoms with E-state index in [-0.39, 0.29) is 17.4 Å². The number of aromatic nitrogens is 5. The summed E-state index contributed by atoms with van der Waals surface area (Å²) >= 11 is 0. The first-order valence-electron chi connectivity index (χ1n) is 10.7. The van der Waals surface area contributed by atoms with Crippen LogP contribution in [0.5, 0.6) is 0 Å². The Hall–Kier alpha value is -3.42. The number of carbonyl (C=O) groups excluding carboxylic acids is 1. The number of hydrogen-bond acceptors (Lipinski definition) is 5. The molecule has 3 aromatic heterocycles. The van der Waals surface area contributed by atoms with E-state index in [9.17, 15) is 4.79 Å². The first-order chi connectivity index (χ1) is 14.8. The van der Waals surface area contributed by atoms with Gasteiger partial charge < -0.3 is 15.6 Å². The van der Waals surface area contributed by atoms with Crippen LogP contribution in [0, 0.1) is 5.41 Å². The van der Waals surface area contributed by atoms with Crippen LogP contribution < -0.4 is 5.73 Å². The Bertz CT molecular complexity index is 1270. The first kappa shape index (κ1) is 19.5. The molecule has 4 N–H and O–H groups in total. The van der Waals surface area contributed by atoms with Gasteiger partial charge in [-0.05, 0) is 31.0 Å². The molecule has 0 unspecified atom stereocenters. The summed E-state index contributed by atoms with van der Waals surface area (Å²) in [6.07, 6.45) is 4.49. The minimum Gasteiger partial charge on any atom is -0.382 e. The topological polar surface area (TPSA) is 117 Å². The van der Waals surface area contributed by atoms with E-state index in [1.807, 2.05) is 49.9 Å². The molecule has 1 atom stereocenters. The van der Waals surface area contributed by atoms with Crippen molar-refractivity contribution < 1.29 is 4.79 Å². The molecule has 1 fully saturated rings. The normalized spacial score (nSPS) is 17.1. The van der Waals surface area contributed by atoms with Crippen molar-refractivity contribution in [2.75, 3.05) is 12.3 Å². The standard InChI is InChI=1S/C23H27N7O/c1-23(2,3)22(31)30-10-4-5-14(30)12-18-27-19-15-7-6-13(16-8-9-25-29-16)11-17(15)26-21(24)20(19)28-18/h6-9,11,14H,4-5,10,12H2,1-3H3,(H2,24,26)(H,25,29)(H,27,28)/t14-/m0/s1. The summed E-state index contributed by atoms with van der Waals surface area (Å²) in [5.41, 5.74) is 10.1. The fourth-order valence-electron chi connectivity index (χ4n) is 4.47. The van der Waals surface area contributed by atoms with E-state index < -0.39 is 0 Å². The number of carbonyl (C=O) groups is 1. The fourth-order valence-corrected chi connectivity index (χ4v) is 4.47. The number of likely N-dealkylation sites (tertiary alicyclic amines) is 1. The Morgan fingerprint density at radius 1 is 1.26 bits per heavy atom. The number of nitrogens with two attached hydrogens (primary N) is 1. The molecule has 0 aliphatic carbocycles. The number of nitrogens with one attached hydrogen (secondary N) is 2. The SMILES string of the molecule is CC(C)(C)C(=O)N1CCC[C@H]1Cc1nc2c(N)nc3cc(-c4cc[nH]n4)ccc3c2[nH]1. The van der Waals surface area contributed by atoms with E-state index in [0.717, 1.165) is 52.9 Å². The molecule has 1 saturated heterocycles. The van der Waals surface area contributed by atoms with Gasteiger partial charge in [-0.3, -0.25) is 9.89 Å². The van der Waals surface area contributed by atoms with Crippen LogP contribution in [0.1, 0.15) is 39.4 Å². The molecule has 1 aliphatic rings. The summed E-state index contributed by atoms with van der Waals surface area (Å²) in [5.74, 6) is 1.44. The predicted molar refractivity (Wildman–Crippen MR) is 121 cm³/mol. The molecule has 1 aromatic carbocycles. The van der Waals surface area contributed by atoms with Crippen molar-refractivity contribution in [2.24, 2.45) is 5.41 Å². The van der Waals surface area contributed by atoms with E-state index in [1.54, 1.807) is 6.20 Å². The average Bonchev–Trinajstić information content (AvgIpc) is 3.47. The Balaban J connectivity index is 1.50. The zero-order chi connectivity index (χ0) is 21.8. The molecule has 4 heterocycles. The van der Waals surface area contributed by atoms with Gasteiger partial charge in [0.05, 0.1) is 16.7 Å². The van der Waals surface area contributed by atoms with Gasteiger partial charge in [-0.25, -0.2) is 9.97 Å². The molecule has 1 aliphatic heterocycles. The molecule has 4 aromatic rings. The van der Waals surface area contributed by atoms with Crippen LogP contribution in [0.15, 0.2) is 30.5 Å². The number of nitrogens with zero attached hydrogens (tertiary/aromatic N) is 4. The fraction of sp³-hybridized carbons (Fsp3) is 0.391. The lowest BCUT2D eigenvalue weighted by atomic mass is 9.94. The highest BCUT2D eigenvalue weighted by atomic mass is 16.2. The first-order valence-corrected chi connectivity index (χ1v) is 10.7. The van der Waals surface area contributed by atoms with Crippen molar-refractivity contribution in [2.45, 2.75) is 46.1 Å². The molecular weight excluding hydrogens is 390 g/mol. The minimum atomic E-state index is -0.382. The number of aromatic amines is 2. The van der Waals surface area contributed by atoms with Gasteiger partial charge in [-0.15, -0.1) is 0 Å². The number of amides is 1. The summed E-state index contributed by atoms with van der Waals surface area (Å²) in [7, 11) is 0. The lowest BCUT2D eigenvalue weighted by molar-refractivity contribution is -0.140. The summed E-state index contributed by atoms with van der Waals surface area (Å²) < 4.78 is 0. The Kier molecular flexibility index (Phi) is 4.46. The number of hydrogen-bond donors (Lipinski definition) is 3. The number of H-pyrrole nitrogens is 2. The summed E-state index contributed by atoms with van der Waals surface area (Å²) in [6.45, 7) is 6.73. The van der Waals surface area contributed by atoms with Crippen LogP contribution in [0.25, 0.3) is 33.2 Å². The number of rotatable bonds is 3. The molecule has 1 amide bonds. The number of fused-ring (bicyclic) bond motifs is 3. The monoisotopic (exact) mass is 417 g/mol. The Morgan fingerprint density at radius 2 is 2.10 bits per heavy atom. The molecule has 8 nitrogen and oxygen atoms in total. The molecular formula is C23H27N7O. The van der Waals surface area contributed by atoms with Crippen molar-refractivity contribution in [1.82, 2.24) is 30.0 Å². The minimum absolute atomic E-state index is 0.152. The lowest BCUT2D eigenvalue weighted by Crippen LogP contribution is -2.43. The Morgan fingerprint density at radius 3 is 2.84 bits per heavy atom. The zero-order valence-electron chi connectivity index (χ0n) is 18.1. The second kappa shape index (κ2) is 7.08. The third-order valence-corrected chi connectivity index (χ3v) is 6.01. The zero-order valence-corrected chi connectivity index (χ0v) is 18.1. The lowest BCUT2D eigenvalue weighted by Gasteiger charge is -2.30. The van der Waals surface area contributed by atoms with E-state index in [1.165, 1.54) is 0 Å². The summed E-state index contributed by atoms with van der Waals surface area (Å²) in [4.78, 5) is 27.7. The van der Waals surface area contributed by atoms with Crippen LogP contribution in [0.4, 0.5) is 5.82 Å². The number of imidazole rings is 1. The van der Waals surface area contributed by atoms with E-state index >= 15 is 0 Å². The van der Waals surface area contributed by atoms with Gasteiger partial charge in [0.15, 0.2) is 5.82 Å². The van der Waals surface area contributed by atoms with Gasteiger partial charge in [0.25, 0.3) is 0 Å². The number of pyridine rings is 1. The molecule has 31 heavy (non-hydrogen) atoms. The highest BCUT2D eigenvalue weighted by Crippen LogP contribution is 2.31. The van der Waals surface area contributed by atoms with Crippen molar-refractivity contribution in [3.05, 3.63) is 36.3 Å². The summed E-state index contributed by atoms with van der Waals surface area (Å²) in [6, 6.07) is 8.11. The van der Waals surface area contributed by atoms with E-state index in [2.05, 4.69) is 20.2 Å². The van der Waals surface area contributed by atoms with Gasteiger partial charge in [0, 0.05) is 41.6 Å². The van der Waals surface area contributed by atoms with E-state index in [0.29, 0.717) is 17.8 Å². The van der Waals surface area contributed by atoms with Crippen molar-refractivity contribution >= 4 is 33.7 Å². The number of benzene rings is 1. The molecule has 0 spiro atoms. The maximum absolute atomic E-state index is 12.9. The quantitative estimate of drug-likeness (QED) is 0.470. The molecule has 5 rings (SSSR count). The number of nitrogen functional groups attached to an aromatic ring is 1. The van der Waals surface area contributed by atoms with Gasteiger partial charge in [-0.1, -0.05) is 26.8 Å². The molecule has 0 radical (unpaired) electrons. The maximum Gasteiger partial charge on any atom is 0.228 e. The third kappa shape index (κ3) is 3.41. The van der Waals surface area contributed by atoms with Crippen molar-refractivity contribution in [3.63, 3.8) is 0 Å². The van der Waals surface area contributed by atoms with Crippen LogP contribution in [0.2, 0.25) is 0 Å². The van der Waals surface area contributed by atoms with Crippen LogP contribution in [0.3, 0.4) is 0 Å². The van der Waals surface area contributed by atoms with Crippen LogP contribution >= 0.6 is 0 Å². The van der Waals surface area contributed by atoms with Gasteiger partial charge >= 0.3 is 0 Å². The van der Waals surface area contributed by atoms with Gasteiger partial charge in [-0.2, -0.15) is 5.10 Å². The smallest absolute Gasteiger partial charge is 0.228 e. The van der Waals surface area contributed by atoms with Crippen molar-refractivity contribution in [1.29, 1.82) is 0 Å². The maximum atomic E-state index is 12.9. The molecule has 0 saturated carbocycles. The van der Waals surface area contributed by atoms with Crippen LogP contribution in [-0.4, -0.2) is 48.5 Å². The largest absolute Gasteiger partial charge is 0.382 e. The third-order valence-electron chi connectivity index (χ3n) is 6.01.